The van der Waals surface area contributed by atoms with Gasteiger partial charge >= 0.3 is 0 Å². The van der Waals surface area contributed by atoms with E-state index < -0.39 is 0 Å². The number of amides is 1. The Labute approximate surface area is 174 Å². The fourth-order valence-electron chi connectivity index (χ4n) is 3.31. The first-order valence-electron chi connectivity index (χ1n) is 9.07. The number of aromatic nitrogens is 2. The summed E-state index contributed by atoms with van der Waals surface area (Å²) in [7, 11) is 0. The predicted molar refractivity (Wildman–Crippen MR) is 114 cm³/mol. The van der Waals surface area contributed by atoms with Crippen LogP contribution >= 0.6 is 23.2 Å². The second kappa shape index (κ2) is 7.46. The highest BCUT2D eigenvalue weighted by atomic mass is 35.5. The summed E-state index contributed by atoms with van der Waals surface area (Å²) < 4.78 is 1.76. The van der Waals surface area contributed by atoms with E-state index in [0.717, 1.165) is 22.5 Å². The normalized spacial score (nSPS) is 13.8. The standard InChI is InChI=1S/C22H19Cl2N3O/c1-14(2)26-13-17-19(12-9-15-7-10-16(23)11-8-15)27(25-21(17)22(26)28)20-6-4-3-5-18(20)24/h3-12,14H,13H2,1-2H3. The molecule has 28 heavy (non-hydrogen) atoms. The van der Waals surface area contributed by atoms with Crippen molar-refractivity contribution < 1.29 is 4.79 Å². The van der Waals surface area contributed by atoms with E-state index in [1.165, 1.54) is 0 Å². The molecule has 0 saturated heterocycles. The number of hydrogen-bond acceptors (Lipinski definition) is 2. The molecule has 0 bridgehead atoms. The number of fused-ring (bicyclic) bond motifs is 1. The number of para-hydroxylation sites is 1. The molecule has 0 fully saturated rings. The van der Waals surface area contributed by atoms with Gasteiger partial charge in [-0.15, -0.1) is 0 Å². The molecule has 1 aliphatic rings. The Bertz CT molecular complexity index is 1070. The molecule has 4 rings (SSSR count). The van der Waals surface area contributed by atoms with Crippen LogP contribution in [0.1, 0.15) is 41.2 Å². The van der Waals surface area contributed by atoms with Crippen LogP contribution in [0.3, 0.4) is 0 Å². The molecular weight excluding hydrogens is 393 g/mol. The lowest BCUT2D eigenvalue weighted by atomic mass is 10.1. The van der Waals surface area contributed by atoms with Gasteiger partial charge in [0.05, 0.1) is 22.9 Å². The summed E-state index contributed by atoms with van der Waals surface area (Å²) in [5.41, 5.74) is 4.02. The molecule has 6 heteroatoms. The fourth-order valence-corrected chi connectivity index (χ4v) is 3.66. The molecule has 0 spiro atoms. The smallest absolute Gasteiger partial charge is 0.275 e. The molecule has 1 aromatic heterocycles. The van der Waals surface area contributed by atoms with Crippen molar-refractivity contribution in [2.24, 2.45) is 0 Å². The quantitative estimate of drug-likeness (QED) is 0.550. The topological polar surface area (TPSA) is 38.1 Å². The number of halogens is 2. The van der Waals surface area contributed by atoms with Crippen LogP contribution in [0.5, 0.6) is 0 Å². The van der Waals surface area contributed by atoms with Crippen molar-refractivity contribution in [3.8, 4) is 5.69 Å². The zero-order chi connectivity index (χ0) is 19.8. The van der Waals surface area contributed by atoms with Crippen LogP contribution < -0.4 is 0 Å². The number of benzene rings is 2. The molecule has 2 aromatic carbocycles. The average Bonchev–Trinajstić information content (AvgIpc) is 3.19. The average molecular weight is 412 g/mol. The van der Waals surface area contributed by atoms with Crippen molar-refractivity contribution in [1.29, 1.82) is 0 Å². The lowest BCUT2D eigenvalue weighted by Gasteiger charge is -2.20. The van der Waals surface area contributed by atoms with Gasteiger partial charge in [0.15, 0.2) is 5.69 Å². The minimum absolute atomic E-state index is 0.0445. The zero-order valence-electron chi connectivity index (χ0n) is 15.6. The Morgan fingerprint density at radius 2 is 1.75 bits per heavy atom. The third-order valence-electron chi connectivity index (χ3n) is 4.82. The first-order chi connectivity index (χ1) is 13.5. The van der Waals surface area contributed by atoms with Gasteiger partial charge < -0.3 is 4.90 Å². The lowest BCUT2D eigenvalue weighted by Crippen LogP contribution is -2.31. The van der Waals surface area contributed by atoms with E-state index in [0.29, 0.717) is 22.3 Å². The van der Waals surface area contributed by atoms with E-state index >= 15 is 0 Å². The molecule has 1 amide bonds. The minimum atomic E-state index is -0.0445. The molecule has 0 saturated carbocycles. The molecule has 3 aromatic rings. The van der Waals surface area contributed by atoms with E-state index in [-0.39, 0.29) is 11.9 Å². The van der Waals surface area contributed by atoms with Crippen LogP contribution in [0, 0.1) is 0 Å². The fraction of sp³-hybridized carbons (Fsp3) is 0.182. The van der Waals surface area contributed by atoms with Gasteiger partial charge in [-0.3, -0.25) is 4.79 Å². The number of rotatable bonds is 4. The van der Waals surface area contributed by atoms with E-state index in [1.807, 2.05) is 79.4 Å². The Morgan fingerprint density at radius 3 is 2.43 bits per heavy atom. The van der Waals surface area contributed by atoms with Gasteiger partial charge in [0.25, 0.3) is 5.91 Å². The van der Waals surface area contributed by atoms with Crippen LogP contribution in [0.15, 0.2) is 48.5 Å². The largest absolute Gasteiger partial charge is 0.330 e. The molecular formula is C22H19Cl2N3O. The van der Waals surface area contributed by atoms with Crippen molar-refractivity contribution in [3.63, 3.8) is 0 Å². The van der Waals surface area contributed by atoms with Crippen molar-refractivity contribution in [1.82, 2.24) is 14.7 Å². The van der Waals surface area contributed by atoms with E-state index in [4.69, 9.17) is 23.2 Å². The highest BCUT2D eigenvalue weighted by molar-refractivity contribution is 6.32. The third-order valence-corrected chi connectivity index (χ3v) is 5.39. The molecule has 0 unspecified atom stereocenters. The maximum atomic E-state index is 12.8. The Hall–Kier alpha value is -2.56. The summed E-state index contributed by atoms with van der Waals surface area (Å²) in [4.78, 5) is 14.6. The van der Waals surface area contributed by atoms with Gasteiger partial charge in [-0.2, -0.15) is 5.10 Å². The molecule has 2 heterocycles. The van der Waals surface area contributed by atoms with Gasteiger partial charge in [0, 0.05) is 16.6 Å². The van der Waals surface area contributed by atoms with Crippen molar-refractivity contribution in [2.75, 3.05) is 0 Å². The summed E-state index contributed by atoms with van der Waals surface area (Å²) >= 11 is 12.4. The SMILES string of the molecule is CC(C)N1Cc2c(nn(-c3ccccc3Cl)c2C=Cc2ccc(Cl)cc2)C1=O. The minimum Gasteiger partial charge on any atom is -0.330 e. The Kier molecular flexibility index (Phi) is 5.00. The number of hydrogen-bond donors (Lipinski definition) is 0. The summed E-state index contributed by atoms with van der Waals surface area (Å²) in [6.07, 6.45) is 3.97. The monoisotopic (exact) mass is 411 g/mol. The first-order valence-corrected chi connectivity index (χ1v) is 9.82. The lowest BCUT2D eigenvalue weighted by molar-refractivity contribution is 0.0723. The van der Waals surface area contributed by atoms with E-state index in [9.17, 15) is 4.79 Å². The van der Waals surface area contributed by atoms with Crippen molar-refractivity contribution >= 4 is 41.3 Å². The van der Waals surface area contributed by atoms with Gasteiger partial charge in [0.2, 0.25) is 0 Å². The highest BCUT2D eigenvalue weighted by Gasteiger charge is 2.35. The van der Waals surface area contributed by atoms with Gasteiger partial charge in [0.1, 0.15) is 0 Å². The van der Waals surface area contributed by atoms with E-state index in [2.05, 4.69) is 5.10 Å². The highest BCUT2D eigenvalue weighted by Crippen LogP contribution is 2.32. The van der Waals surface area contributed by atoms with Crippen LogP contribution in [0.4, 0.5) is 0 Å². The molecule has 0 aliphatic carbocycles. The number of carbonyl (C=O) groups excluding carboxylic acids is 1. The second-order valence-corrected chi connectivity index (χ2v) is 7.83. The third kappa shape index (κ3) is 3.34. The Balaban J connectivity index is 1.83. The van der Waals surface area contributed by atoms with Gasteiger partial charge in [-0.25, -0.2) is 4.68 Å². The maximum Gasteiger partial charge on any atom is 0.275 e. The van der Waals surface area contributed by atoms with Crippen LogP contribution in [0.25, 0.3) is 17.8 Å². The number of nitrogens with zero attached hydrogens (tertiary/aromatic N) is 3. The molecule has 142 valence electrons. The van der Waals surface area contributed by atoms with Crippen LogP contribution in [-0.4, -0.2) is 26.6 Å². The van der Waals surface area contributed by atoms with Gasteiger partial charge in [-0.1, -0.05) is 53.5 Å². The Morgan fingerprint density at radius 1 is 1.04 bits per heavy atom. The summed E-state index contributed by atoms with van der Waals surface area (Å²) in [5, 5.41) is 5.90. The van der Waals surface area contributed by atoms with Crippen LogP contribution in [0.2, 0.25) is 10.0 Å². The molecule has 4 nitrogen and oxygen atoms in total. The second-order valence-electron chi connectivity index (χ2n) is 6.99. The molecule has 0 N–H and O–H groups in total. The predicted octanol–water partition coefficient (Wildman–Crippen LogP) is 5.71. The molecule has 1 aliphatic heterocycles. The summed E-state index contributed by atoms with van der Waals surface area (Å²) in [6, 6.07) is 15.2. The van der Waals surface area contributed by atoms with Gasteiger partial charge in [-0.05, 0) is 49.8 Å². The van der Waals surface area contributed by atoms with E-state index in [1.54, 1.807) is 4.68 Å². The van der Waals surface area contributed by atoms with Crippen LogP contribution in [-0.2, 0) is 6.54 Å². The molecule has 0 atom stereocenters. The summed E-state index contributed by atoms with van der Waals surface area (Å²) in [5.74, 6) is -0.0445. The molecule has 0 radical (unpaired) electrons. The number of carbonyl (C=O) groups is 1. The first kappa shape index (κ1) is 18.8. The zero-order valence-corrected chi connectivity index (χ0v) is 17.1. The summed E-state index contributed by atoms with van der Waals surface area (Å²) in [6.45, 7) is 4.56. The maximum absolute atomic E-state index is 12.8. The van der Waals surface area contributed by atoms with Crippen molar-refractivity contribution in [3.05, 3.63) is 81.1 Å². The van der Waals surface area contributed by atoms with Crippen molar-refractivity contribution in [2.45, 2.75) is 26.4 Å².